The molecule has 2 rings (SSSR count). The van der Waals surface area contributed by atoms with Gasteiger partial charge in [0, 0.05) is 29.0 Å². The van der Waals surface area contributed by atoms with Crippen molar-refractivity contribution in [3.8, 4) is 0 Å². The highest BCUT2D eigenvalue weighted by atomic mass is 79.9. The molecule has 0 bridgehead atoms. The molecule has 0 atom stereocenters. The quantitative estimate of drug-likeness (QED) is 0.385. The summed E-state index contributed by atoms with van der Waals surface area (Å²) < 4.78 is 11.0. The molecule has 1 aromatic rings. The largest absolute Gasteiger partial charge is 0.465 e. The van der Waals surface area contributed by atoms with Crippen molar-refractivity contribution in [1.82, 2.24) is 0 Å². The standard InChI is InChI=1S/C23H33BrN2O4/c1-7-26(20-13-17(24)12-19(15(20)2)21(27)29-6)18-10-8-16(9-11-18)14-25-22(28)30-23(3,4)5/h12-14,16,18H,7-11H2,1-6H3. The third-order valence-electron chi connectivity index (χ3n) is 5.37. The van der Waals surface area contributed by atoms with Gasteiger partial charge >= 0.3 is 12.1 Å². The number of aliphatic imine (C=N–C) groups is 1. The zero-order chi connectivity index (χ0) is 22.5. The van der Waals surface area contributed by atoms with Gasteiger partial charge in [-0.3, -0.25) is 0 Å². The van der Waals surface area contributed by atoms with E-state index in [0.717, 1.165) is 48.0 Å². The summed E-state index contributed by atoms with van der Waals surface area (Å²) >= 11 is 3.53. The number of methoxy groups -OCH3 is 1. The molecular formula is C23H33BrN2O4. The van der Waals surface area contributed by atoms with Crippen molar-refractivity contribution in [3.05, 3.63) is 27.7 Å². The number of halogens is 1. The van der Waals surface area contributed by atoms with Gasteiger partial charge in [-0.15, -0.1) is 0 Å². The Morgan fingerprint density at radius 3 is 2.40 bits per heavy atom. The number of nitrogens with zero attached hydrogens (tertiary/aromatic N) is 2. The summed E-state index contributed by atoms with van der Waals surface area (Å²) in [6.45, 7) is 10.4. The lowest BCUT2D eigenvalue weighted by atomic mass is 9.85. The fourth-order valence-corrected chi connectivity index (χ4v) is 4.37. The Labute approximate surface area is 188 Å². The monoisotopic (exact) mass is 480 g/mol. The summed E-state index contributed by atoms with van der Waals surface area (Å²) in [4.78, 5) is 30.3. The Hall–Kier alpha value is -1.89. The highest BCUT2D eigenvalue weighted by Gasteiger charge is 2.27. The molecule has 1 saturated carbocycles. The van der Waals surface area contributed by atoms with Gasteiger partial charge in [0.15, 0.2) is 0 Å². The van der Waals surface area contributed by atoms with Crippen LogP contribution >= 0.6 is 15.9 Å². The van der Waals surface area contributed by atoms with Gasteiger partial charge in [0.25, 0.3) is 0 Å². The number of amides is 1. The lowest BCUT2D eigenvalue weighted by Gasteiger charge is -2.38. The molecular weight excluding hydrogens is 448 g/mol. The number of carbonyl (C=O) groups is 2. The molecule has 6 nitrogen and oxygen atoms in total. The molecule has 1 aliphatic rings. The molecule has 1 aliphatic carbocycles. The maximum Gasteiger partial charge on any atom is 0.433 e. The highest BCUT2D eigenvalue weighted by molar-refractivity contribution is 9.10. The minimum absolute atomic E-state index is 0.279. The fourth-order valence-electron chi connectivity index (χ4n) is 3.93. The molecule has 1 amide bonds. The summed E-state index contributed by atoms with van der Waals surface area (Å²) in [6.07, 6.45) is 5.14. The van der Waals surface area contributed by atoms with Crippen LogP contribution in [0.4, 0.5) is 10.5 Å². The first kappa shape index (κ1) is 24.4. The van der Waals surface area contributed by atoms with Crippen LogP contribution < -0.4 is 4.90 Å². The molecule has 0 aliphatic heterocycles. The van der Waals surface area contributed by atoms with E-state index in [-0.39, 0.29) is 11.9 Å². The Balaban J connectivity index is 2.08. The van der Waals surface area contributed by atoms with Crippen molar-refractivity contribution in [2.75, 3.05) is 18.6 Å². The number of anilines is 1. The van der Waals surface area contributed by atoms with Gasteiger partial charge in [-0.2, -0.15) is 4.99 Å². The number of rotatable bonds is 5. The van der Waals surface area contributed by atoms with E-state index in [0.29, 0.717) is 11.6 Å². The second kappa shape index (κ2) is 10.4. The van der Waals surface area contributed by atoms with Crippen LogP contribution in [0.3, 0.4) is 0 Å². The van der Waals surface area contributed by atoms with E-state index in [2.05, 4.69) is 38.8 Å². The minimum atomic E-state index is -0.529. The van der Waals surface area contributed by atoms with Crippen molar-refractivity contribution < 1.29 is 19.1 Å². The van der Waals surface area contributed by atoms with Crippen LogP contribution in [0.5, 0.6) is 0 Å². The molecule has 0 heterocycles. The predicted octanol–water partition coefficient (Wildman–Crippen LogP) is 5.94. The van der Waals surface area contributed by atoms with Crippen LogP contribution in [0.25, 0.3) is 0 Å². The summed E-state index contributed by atoms with van der Waals surface area (Å²) in [6, 6.07) is 4.25. The molecule has 0 saturated heterocycles. The number of esters is 1. The molecule has 0 radical (unpaired) electrons. The first-order valence-corrected chi connectivity index (χ1v) is 11.3. The second-order valence-electron chi connectivity index (χ2n) is 8.70. The topological polar surface area (TPSA) is 68.2 Å². The van der Waals surface area contributed by atoms with Crippen molar-refractivity contribution in [1.29, 1.82) is 0 Å². The Morgan fingerprint density at radius 1 is 1.23 bits per heavy atom. The number of hydrogen-bond acceptors (Lipinski definition) is 5. The van der Waals surface area contributed by atoms with Gasteiger partial charge in [0.05, 0.1) is 12.7 Å². The SMILES string of the molecule is CCN(c1cc(Br)cc(C(=O)OC)c1C)C1CCC(C=NC(=O)OC(C)(C)C)CC1. The first-order valence-electron chi connectivity index (χ1n) is 10.5. The fraction of sp³-hybridized carbons (Fsp3) is 0.609. The number of ether oxygens (including phenoxy) is 2. The second-order valence-corrected chi connectivity index (χ2v) is 9.62. The van der Waals surface area contributed by atoms with Crippen LogP contribution in [-0.2, 0) is 9.47 Å². The lowest BCUT2D eigenvalue weighted by molar-refractivity contribution is 0.0591. The van der Waals surface area contributed by atoms with E-state index in [4.69, 9.17) is 9.47 Å². The van der Waals surface area contributed by atoms with E-state index < -0.39 is 11.7 Å². The minimum Gasteiger partial charge on any atom is -0.465 e. The summed E-state index contributed by atoms with van der Waals surface area (Å²) in [7, 11) is 1.40. The molecule has 0 aromatic heterocycles. The van der Waals surface area contributed by atoms with Crippen LogP contribution in [-0.4, -0.2) is 43.6 Å². The first-order chi connectivity index (χ1) is 14.1. The number of hydrogen-bond donors (Lipinski definition) is 0. The molecule has 1 aromatic carbocycles. The van der Waals surface area contributed by atoms with Crippen LogP contribution in [0.2, 0.25) is 0 Å². The molecule has 7 heteroatoms. The summed E-state index contributed by atoms with van der Waals surface area (Å²) in [5, 5.41) is 0. The van der Waals surface area contributed by atoms with E-state index in [1.807, 2.05) is 33.8 Å². The van der Waals surface area contributed by atoms with E-state index in [9.17, 15) is 9.59 Å². The van der Waals surface area contributed by atoms with Crippen molar-refractivity contribution in [3.63, 3.8) is 0 Å². The van der Waals surface area contributed by atoms with Gasteiger partial charge < -0.3 is 14.4 Å². The number of carbonyl (C=O) groups excluding carboxylic acids is 2. The molecule has 0 N–H and O–H groups in total. The molecule has 30 heavy (non-hydrogen) atoms. The van der Waals surface area contributed by atoms with Gasteiger partial charge in [0.1, 0.15) is 5.60 Å². The Bertz CT molecular complexity index is 793. The van der Waals surface area contributed by atoms with Gasteiger partial charge in [-0.25, -0.2) is 9.59 Å². The Kier molecular flexibility index (Phi) is 8.47. The van der Waals surface area contributed by atoms with Gasteiger partial charge in [-0.1, -0.05) is 15.9 Å². The predicted molar refractivity (Wildman–Crippen MR) is 124 cm³/mol. The highest BCUT2D eigenvalue weighted by Crippen LogP contribution is 2.34. The lowest BCUT2D eigenvalue weighted by Crippen LogP contribution is -2.39. The molecule has 0 spiro atoms. The van der Waals surface area contributed by atoms with Crippen LogP contribution in [0, 0.1) is 12.8 Å². The third kappa shape index (κ3) is 6.56. The van der Waals surface area contributed by atoms with Crippen LogP contribution in [0.1, 0.15) is 69.3 Å². The van der Waals surface area contributed by atoms with Crippen molar-refractivity contribution >= 4 is 39.9 Å². The van der Waals surface area contributed by atoms with E-state index in [1.165, 1.54) is 7.11 Å². The zero-order valence-corrected chi connectivity index (χ0v) is 20.4. The Morgan fingerprint density at radius 2 is 1.87 bits per heavy atom. The van der Waals surface area contributed by atoms with Crippen molar-refractivity contribution in [2.45, 2.75) is 71.9 Å². The maximum atomic E-state index is 12.2. The maximum absolute atomic E-state index is 12.2. The normalized spacial score (nSPS) is 19.6. The van der Waals surface area contributed by atoms with Gasteiger partial charge in [0.2, 0.25) is 0 Å². The average molecular weight is 481 g/mol. The smallest absolute Gasteiger partial charge is 0.433 e. The molecule has 0 unspecified atom stereocenters. The molecule has 166 valence electrons. The van der Waals surface area contributed by atoms with Crippen molar-refractivity contribution in [2.24, 2.45) is 10.9 Å². The van der Waals surface area contributed by atoms with Crippen LogP contribution in [0.15, 0.2) is 21.6 Å². The zero-order valence-electron chi connectivity index (χ0n) is 18.8. The van der Waals surface area contributed by atoms with E-state index >= 15 is 0 Å². The summed E-state index contributed by atoms with van der Waals surface area (Å²) in [5.74, 6) is -0.0464. The number of benzene rings is 1. The molecule has 1 fully saturated rings. The van der Waals surface area contributed by atoms with E-state index in [1.54, 1.807) is 6.21 Å². The van der Waals surface area contributed by atoms with Gasteiger partial charge in [-0.05, 0) is 83.9 Å². The average Bonchev–Trinajstić information content (AvgIpc) is 2.68. The summed E-state index contributed by atoms with van der Waals surface area (Å²) in [5.41, 5.74) is 2.04. The third-order valence-corrected chi connectivity index (χ3v) is 5.82.